The first-order chi connectivity index (χ1) is 14.3. The van der Waals surface area contributed by atoms with Crippen molar-refractivity contribution in [2.75, 3.05) is 26.0 Å². The van der Waals surface area contributed by atoms with Gasteiger partial charge in [0.1, 0.15) is 5.75 Å². The highest BCUT2D eigenvalue weighted by Gasteiger charge is 2.40. The number of benzene rings is 2. The number of carbonyl (C=O) groups is 1. The van der Waals surface area contributed by atoms with E-state index in [4.69, 9.17) is 4.74 Å². The summed E-state index contributed by atoms with van der Waals surface area (Å²) in [6.45, 7) is 1.96. The molecule has 0 spiro atoms. The van der Waals surface area contributed by atoms with Crippen LogP contribution in [0, 0.1) is 24.4 Å². The van der Waals surface area contributed by atoms with Crippen LogP contribution in [0.4, 0.5) is 23.7 Å². The largest absolute Gasteiger partial charge is 0.497 e. The molecule has 156 valence electrons. The summed E-state index contributed by atoms with van der Waals surface area (Å²) in [6.07, 6.45) is 0. The van der Waals surface area contributed by atoms with Crippen LogP contribution in [0.1, 0.15) is 17.2 Å². The average Bonchev–Trinajstić information content (AvgIpc) is 3.16. The van der Waals surface area contributed by atoms with Gasteiger partial charge in [-0.05, 0) is 48.4 Å². The number of nitrogens with one attached hydrogen (secondary N) is 1. The lowest BCUT2D eigenvalue weighted by Gasteiger charge is -2.35. The number of halogens is 3. The molecule has 0 aromatic heterocycles. The van der Waals surface area contributed by atoms with Crippen LogP contribution in [0.25, 0.3) is 0 Å². The van der Waals surface area contributed by atoms with Crippen LogP contribution in [-0.2, 0) is 0 Å². The number of anilines is 1. The van der Waals surface area contributed by atoms with E-state index < -0.39 is 29.5 Å². The summed E-state index contributed by atoms with van der Waals surface area (Å²) in [5, 5.41) is 3.09. The van der Waals surface area contributed by atoms with Gasteiger partial charge in [-0.1, -0.05) is 0 Å². The maximum Gasteiger partial charge on any atom is 0.353 e. The highest BCUT2D eigenvalue weighted by Crippen LogP contribution is 2.32. The summed E-state index contributed by atoms with van der Waals surface area (Å²) in [7, 11) is 3.06. The average molecular weight is 417 g/mol. The Hall–Kier alpha value is -3.56. The molecule has 2 heterocycles. The molecule has 4 rings (SSSR count). The molecule has 0 saturated carbocycles. The van der Waals surface area contributed by atoms with Crippen LogP contribution in [-0.4, -0.2) is 48.5 Å². The molecule has 1 N–H and O–H groups in total. The lowest BCUT2D eigenvalue weighted by Crippen LogP contribution is -2.53. The Balaban J connectivity index is 1.73. The standard InChI is InChI=1S/C20H18F3N5O2/c1-10-6-12(30-3)4-5-15(10)25-18-26-20(29)27(2)19-24-9-16(28(18)19)11-7-13(21)17(23)14(22)8-11/h4-8,16H,9H2,1-3H3,(H,25,26,29). The van der Waals surface area contributed by atoms with Gasteiger partial charge in [-0.3, -0.25) is 9.80 Å². The molecule has 1 unspecified atom stereocenters. The van der Waals surface area contributed by atoms with Crippen molar-refractivity contribution in [2.45, 2.75) is 13.0 Å². The Morgan fingerprint density at radius 3 is 2.50 bits per heavy atom. The lowest BCUT2D eigenvalue weighted by atomic mass is 10.1. The third kappa shape index (κ3) is 3.23. The van der Waals surface area contributed by atoms with Crippen LogP contribution in [0.15, 0.2) is 40.3 Å². The third-order valence-electron chi connectivity index (χ3n) is 5.02. The Morgan fingerprint density at radius 2 is 1.87 bits per heavy atom. The van der Waals surface area contributed by atoms with Gasteiger partial charge in [0.2, 0.25) is 11.9 Å². The quantitative estimate of drug-likeness (QED) is 0.774. The summed E-state index contributed by atoms with van der Waals surface area (Å²) in [6, 6.07) is 5.94. The number of guanidine groups is 2. The van der Waals surface area contributed by atoms with Crippen LogP contribution >= 0.6 is 0 Å². The molecule has 2 aliphatic heterocycles. The molecule has 0 radical (unpaired) electrons. The molecule has 0 fully saturated rings. The fraction of sp³-hybridized carbons (Fsp3) is 0.250. The highest BCUT2D eigenvalue weighted by atomic mass is 19.2. The Kier molecular flexibility index (Phi) is 4.84. The number of hydrogen-bond donors (Lipinski definition) is 1. The van der Waals surface area contributed by atoms with Crippen molar-refractivity contribution in [3.05, 3.63) is 58.9 Å². The van der Waals surface area contributed by atoms with E-state index in [1.54, 1.807) is 30.2 Å². The molecule has 2 aliphatic rings. The fourth-order valence-corrected chi connectivity index (χ4v) is 3.41. The minimum Gasteiger partial charge on any atom is -0.497 e. The summed E-state index contributed by atoms with van der Waals surface area (Å²) in [4.78, 5) is 23.5. The van der Waals surface area contributed by atoms with Crippen LogP contribution < -0.4 is 10.1 Å². The topological polar surface area (TPSA) is 69.5 Å². The van der Waals surface area contributed by atoms with E-state index in [2.05, 4.69) is 15.3 Å². The van der Waals surface area contributed by atoms with Gasteiger partial charge in [-0.25, -0.2) is 23.0 Å². The van der Waals surface area contributed by atoms with Crippen molar-refractivity contribution < 1.29 is 22.7 Å². The summed E-state index contributed by atoms with van der Waals surface area (Å²) in [5.41, 5.74) is 1.67. The highest BCUT2D eigenvalue weighted by molar-refractivity contribution is 6.17. The smallest absolute Gasteiger partial charge is 0.353 e. The van der Waals surface area contributed by atoms with Gasteiger partial charge in [-0.15, -0.1) is 0 Å². The Bertz CT molecular complexity index is 1080. The lowest BCUT2D eigenvalue weighted by molar-refractivity contribution is 0.230. The number of amides is 2. The molecule has 7 nitrogen and oxygen atoms in total. The molecule has 2 amide bonds. The van der Waals surface area contributed by atoms with Crippen molar-refractivity contribution in [3.63, 3.8) is 0 Å². The SMILES string of the molecule is COc1ccc(NC2=NC(=O)N(C)C3=NCC(c4cc(F)c(F)c(F)c4)N23)c(C)c1. The molecular formula is C20H18F3N5O2. The van der Waals surface area contributed by atoms with Crippen LogP contribution in [0.3, 0.4) is 0 Å². The Labute approximate surface area is 170 Å². The molecule has 0 aliphatic carbocycles. The van der Waals surface area contributed by atoms with Gasteiger partial charge < -0.3 is 10.1 Å². The van der Waals surface area contributed by atoms with Crippen LogP contribution in [0.5, 0.6) is 5.75 Å². The minimum absolute atomic E-state index is 0.111. The fourth-order valence-electron chi connectivity index (χ4n) is 3.41. The predicted octanol–water partition coefficient (Wildman–Crippen LogP) is 3.67. The molecular weight excluding hydrogens is 399 g/mol. The van der Waals surface area contributed by atoms with Gasteiger partial charge in [0, 0.05) is 12.7 Å². The summed E-state index contributed by atoms with van der Waals surface area (Å²) in [5.74, 6) is -3.03. The molecule has 0 bridgehead atoms. The maximum atomic E-state index is 13.8. The van der Waals surface area contributed by atoms with E-state index in [0.717, 1.165) is 17.7 Å². The molecule has 0 saturated heterocycles. The molecule has 30 heavy (non-hydrogen) atoms. The second-order valence-electron chi connectivity index (χ2n) is 6.91. The van der Waals surface area contributed by atoms with Crippen molar-refractivity contribution in [3.8, 4) is 5.75 Å². The number of carbonyl (C=O) groups excluding carboxylic acids is 1. The van der Waals surface area contributed by atoms with Gasteiger partial charge in [-0.2, -0.15) is 4.99 Å². The zero-order valence-electron chi connectivity index (χ0n) is 16.4. The van der Waals surface area contributed by atoms with E-state index in [1.165, 1.54) is 11.9 Å². The maximum absolute atomic E-state index is 13.8. The van der Waals surface area contributed by atoms with E-state index in [0.29, 0.717) is 11.4 Å². The summed E-state index contributed by atoms with van der Waals surface area (Å²) < 4.78 is 46.3. The second kappa shape index (κ2) is 7.36. The van der Waals surface area contributed by atoms with Crippen molar-refractivity contribution in [2.24, 2.45) is 9.98 Å². The number of urea groups is 1. The number of aryl methyl sites for hydroxylation is 1. The zero-order valence-corrected chi connectivity index (χ0v) is 16.4. The van der Waals surface area contributed by atoms with Crippen molar-refractivity contribution >= 4 is 23.6 Å². The van der Waals surface area contributed by atoms with Crippen molar-refractivity contribution in [1.82, 2.24) is 9.80 Å². The number of rotatable bonds is 3. The molecule has 2 aromatic carbocycles. The number of aliphatic imine (C=N–C) groups is 2. The molecule has 10 heteroatoms. The molecule has 1 atom stereocenters. The minimum atomic E-state index is -1.54. The van der Waals surface area contributed by atoms with Gasteiger partial charge >= 0.3 is 6.03 Å². The van der Waals surface area contributed by atoms with Gasteiger partial charge in [0.15, 0.2) is 17.5 Å². The summed E-state index contributed by atoms with van der Waals surface area (Å²) >= 11 is 0. The monoisotopic (exact) mass is 417 g/mol. The normalized spacial score (nSPS) is 18.2. The van der Waals surface area contributed by atoms with E-state index >= 15 is 0 Å². The first kappa shape index (κ1) is 19.7. The zero-order chi connectivity index (χ0) is 21.6. The second-order valence-corrected chi connectivity index (χ2v) is 6.91. The van der Waals surface area contributed by atoms with Crippen molar-refractivity contribution in [1.29, 1.82) is 0 Å². The van der Waals surface area contributed by atoms with Gasteiger partial charge in [0.05, 0.1) is 19.7 Å². The van der Waals surface area contributed by atoms with E-state index in [9.17, 15) is 18.0 Å². The number of hydrogen-bond acceptors (Lipinski definition) is 5. The predicted molar refractivity (Wildman–Crippen MR) is 105 cm³/mol. The van der Waals surface area contributed by atoms with E-state index in [-0.39, 0.29) is 24.0 Å². The number of nitrogens with zero attached hydrogens (tertiary/aromatic N) is 4. The molecule has 2 aromatic rings. The van der Waals surface area contributed by atoms with E-state index in [1.807, 2.05) is 6.92 Å². The van der Waals surface area contributed by atoms with Gasteiger partial charge in [0.25, 0.3) is 0 Å². The number of fused-ring (bicyclic) bond motifs is 1. The first-order valence-electron chi connectivity index (χ1n) is 9.06. The third-order valence-corrected chi connectivity index (χ3v) is 5.02. The van der Waals surface area contributed by atoms with Crippen LogP contribution in [0.2, 0.25) is 0 Å². The first-order valence-corrected chi connectivity index (χ1v) is 9.06. The Morgan fingerprint density at radius 1 is 1.17 bits per heavy atom. The number of ether oxygens (including phenoxy) is 1. The number of methoxy groups -OCH3 is 1.